The van der Waals surface area contributed by atoms with Crippen molar-refractivity contribution in [3.63, 3.8) is 0 Å². The molecule has 1 N–H and O–H groups in total. The maximum atomic E-state index is 5.52. The van der Waals surface area contributed by atoms with Gasteiger partial charge in [-0.2, -0.15) is 0 Å². The third-order valence-electron chi connectivity index (χ3n) is 4.76. The molecule has 0 amide bonds. The Morgan fingerprint density at radius 2 is 2.17 bits per heavy atom. The molecule has 2 aliphatic rings. The largest absolute Gasteiger partial charge is 0.357 e. The Morgan fingerprint density at radius 3 is 3.04 bits per heavy atom. The first-order valence-corrected chi connectivity index (χ1v) is 10.5. The minimum absolute atomic E-state index is 0.584. The van der Waals surface area contributed by atoms with Crippen molar-refractivity contribution < 1.29 is 0 Å². The quantitative estimate of drug-likeness (QED) is 0.808. The summed E-state index contributed by atoms with van der Waals surface area (Å²) >= 11 is 9.02. The van der Waals surface area contributed by atoms with E-state index >= 15 is 0 Å². The lowest BCUT2D eigenvalue weighted by Gasteiger charge is -2.26. The third kappa shape index (κ3) is 3.68. The molecule has 23 heavy (non-hydrogen) atoms. The van der Waals surface area contributed by atoms with Crippen molar-refractivity contribution in [2.45, 2.75) is 57.8 Å². The zero-order valence-corrected chi connectivity index (χ0v) is 15.6. The molecule has 0 bridgehead atoms. The van der Waals surface area contributed by atoms with E-state index in [1.54, 1.807) is 16.2 Å². The zero-order chi connectivity index (χ0) is 15.6. The fourth-order valence-electron chi connectivity index (χ4n) is 3.49. The molecule has 4 nitrogen and oxygen atoms in total. The Labute approximate surface area is 150 Å². The van der Waals surface area contributed by atoms with Gasteiger partial charge in [-0.15, -0.1) is 16.4 Å². The van der Waals surface area contributed by atoms with E-state index < -0.39 is 0 Å². The molecule has 3 heterocycles. The molecule has 124 valence electrons. The van der Waals surface area contributed by atoms with Gasteiger partial charge in [0.2, 0.25) is 5.13 Å². The van der Waals surface area contributed by atoms with Crippen molar-refractivity contribution in [1.82, 2.24) is 14.7 Å². The highest BCUT2D eigenvalue weighted by molar-refractivity contribution is 7.73. The van der Waals surface area contributed by atoms with Crippen LogP contribution in [0.2, 0.25) is 0 Å². The van der Waals surface area contributed by atoms with E-state index in [4.69, 9.17) is 17.3 Å². The number of rotatable bonds is 4. The molecule has 0 radical (unpaired) electrons. The highest BCUT2D eigenvalue weighted by Crippen LogP contribution is 2.26. The third-order valence-corrected chi connectivity index (χ3v) is 7.02. The summed E-state index contributed by atoms with van der Waals surface area (Å²) in [5.74, 6) is 0. The van der Waals surface area contributed by atoms with Crippen LogP contribution in [0.5, 0.6) is 0 Å². The Hall–Kier alpha value is -0.760. The second-order valence-corrected chi connectivity index (χ2v) is 9.09. The van der Waals surface area contributed by atoms with Gasteiger partial charge in [0.1, 0.15) is 0 Å². The average molecular weight is 367 g/mol. The number of aromatic nitrogens is 2. The molecule has 0 unspecified atom stereocenters. The Bertz CT molecular complexity index is 711. The smallest absolute Gasteiger partial charge is 0.204 e. The van der Waals surface area contributed by atoms with Gasteiger partial charge in [0.25, 0.3) is 0 Å². The van der Waals surface area contributed by atoms with Gasteiger partial charge in [0.05, 0.1) is 6.67 Å². The normalized spacial score (nSPS) is 19.7. The van der Waals surface area contributed by atoms with Gasteiger partial charge in [-0.1, -0.05) is 30.6 Å². The maximum Gasteiger partial charge on any atom is 0.204 e. The van der Waals surface area contributed by atoms with Crippen molar-refractivity contribution in [2.24, 2.45) is 0 Å². The second-order valence-electron chi connectivity index (χ2n) is 6.46. The van der Waals surface area contributed by atoms with Gasteiger partial charge in [-0.3, -0.25) is 4.90 Å². The van der Waals surface area contributed by atoms with Crippen LogP contribution in [0.25, 0.3) is 0 Å². The number of hydrogen-bond donors (Lipinski definition) is 1. The number of nitrogens with one attached hydrogen (secondary N) is 1. The highest BCUT2D eigenvalue weighted by atomic mass is 32.1. The van der Waals surface area contributed by atoms with Crippen LogP contribution in [-0.2, 0) is 19.6 Å². The Morgan fingerprint density at radius 1 is 1.30 bits per heavy atom. The van der Waals surface area contributed by atoms with Crippen molar-refractivity contribution in [1.29, 1.82) is 0 Å². The second kappa shape index (κ2) is 7.01. The SMILES string of the molecule is S=c1sc(NC2CCCCC2)nn1CN1CCc2sccc2C1. The topological polar surface area (TPSA) is 33.1 Å². The summed E-state index contributed by atoms with van der Waals surface area (Å²) in [4.78, 5) is 3.98. The van der Waals surface area contributed by atoms with Crippen LogP contribution in [0.15, 0.2) is 11.4 Å². The standard InChI is InChI=1S/C16H22N4S3/c21-16-20(11-19-8-6-14-12(10-19)7-9-22-14)18-15(23-16)17-13-4-2-1-3-5-13/h7,9,13H,1-6,8,10-11H2,(H,17,18). The van der Waals surface area contributed by atoms with Crippen LogP contribution >= 0.6 is 34.9 Å². The van der Waals surface area contributed by atoms with Crippen LogP contribution in [-0.4, -0.2) is 27.3 Å². The molecular formula is C16H22N4S3. The van der Waals surface area contributed by atoms with E-state index in [0.29, 0.717) is 6.04 Å². The molecule has 4 rings (SSSR count). The number of hydrogen-bond acceptors (Lipinski definition) is 6. The zero-order valence-electron chi connectivity index (χ0n) is 13.2. The summed E-state index contributed by atoms with van der Waals surface area (Å²) in [6, 6.07) is 2.84. The monoisotopic (exact) mass is 366 g/mol. The van der Waals surface area contributed by atoms with Gasteiger partial charge >= 0.3 is 0 Å². The predicted molar refractivity (Wildman–Crippen MR) is 99.9 cm³/mol. The number of thiophene rings is 1. The van der Waals surface area contributed by atoms with Gasteiger partial charge in [-0.25, -0.2) is 4.68 Å². The van der Waals surface area contributed by atoms with Crippen LogP contribution in [0.4, 0.5) is 5.13 Å². The fourth-order valence-corrected chi connectivity index (χ4v) is 5.45. The first-order chi connectivity index (χ1) is 11.3. The molecule has 2 aromatic heterocycles. The molecule has 0 aromatic carbocycles. The van der Waals surface area contributed by atoms with Crippen molar-refractivity contribution >= 4 is 40.0 Å². The molecule has 0 atom stereocenters. The van der Waals surface area contributed by atoms with Crippen LogP contribution in [0, 0.1) is 3.95 Å². The molecule has 1 saturated carbocycles. The molecular weight excluding hydrogens is 344 g/mol. The van der Waals surface area contributed by atoms with Crippen LogP contribution in [0.3, 0.4) is 0 Å². The lowest BCUT2D eigenvalue weighted by Crippen LogP contribution is -2.32. The lowest BCUT2D eigenvalue weighted by molar-refractivity contribution is 0.190. The van der Waals surface area contributed by atoms with E-state index in [1.165, 1.54) is 37.7 Å². The van der Waals surface area contributed by atoms with Gasteiger partial charge in [0.15, 0.2) is 3.95 Å². The molecule has 0 spiro atoms. The van der Waals surface area contributed by atoms with Crippen LogP contribution < -0.4 is 5.32 Å². The van der Waals surface area contributed by atoms with Crippen molar-refractivity contribution in [3.8, 4) is 0 Å². The average Bonchev–Trinajstić information content (AvgIpc) is 3.15. The van der Waals surface area contributed by atoms with Gasteiger partial charge in [0, 0.05) is 24.0 Å². The van der Waals surface area contributed by atoms with Gasteiger partial charge < -0.3 is 5.32 Å². The number of anilines is 1. The number of fused-ring (bicyclic) bond motifs is 1. The summed E-state index contributed by atoms with van der Waals surface area (Å²) in [7, 11) is 0. The van der Waals surface area contributed by atoms with E-state index in [-0.39, 0.29) is 0 Å². The van der Waals surface area contributed by atoms with Gasteiger partial charge in [-0.05, 0) is 48.5 Å². The van der Waals surface area contributed by atoms with E-state index in [2.05, 4.69) is 21.7 Å². The summed E-state index contributed by atoms with van der Waals surface area (Å²) in [5, 5.41) is 11.5. The van der Waals surface area contributed by atoms with E-state index in [1.807, 2.05) is 16.0 Å². The minimum Gasteiger partial charge on any atom is -0.357 e. The van der Waals surface area contributed by atoms with E-state index in [0.717, 1.165) is 35.3 Å². The number of nitrogens with zero attached hydrogens (tertiary/aromatic N) is 3. The summed E-state index contributed by atoms with van der Waals surface area (Å²) in [6.07, 6.45) is 7.72. The summed E-state index contributed by atoms with van der Waals surface area (Å²) < 4.78 is 2.86. The first-order valence-electron chi connectivity index (χ1n) is 8.40. The fraction of sp³-hybridized carbons (Fsp3) is 0.625. The predicted octanol–water partition coefficient (Wildman–Crippen LogP) is 4.50. The molecule has 1 fully saturated rings. The molecule has 7 heteroatoms. The molecule has 0 saturated heterocycles. The minimum atomic E-state index is 0.584. The summed E-state index contributed by atoms with van der Waals surface area (Å²) in [6.45, 7) is 2.92. The van der Waals surface area contributed by atoms with Crippen molar-refractivity contribution in [2.75, 3.05) is 11.9 Å². The summed E-state index contributed by atoms with van der Waals surface area (Å²) in [5.41, 5.74) is 1.48. The Kier molecular flexibility index (Phi) is 4.80. The lowest BCUT2D eigenvalue weighted by atomic mass is 9.96. The molecule has 1 aliphatic carbocycles. The van der Waals surface area contributed by atoms with Crippen molar-refractivity contribution in [3.05, 3.63) is 25.8 Å². The molecule has 1 aliphatic heterocycles. The maximum absolute atomic E-state index is 5.52. The highest BCUT2D eigenvalue weighted by Gasteiger charge is 2.19. The Balaban J connectivity index is 1.40. The molecule has 2 aromatic rings. The first kappa shape index (κ1) is 15.7. The van der Waals surface area contributed by atoms with Crippen LogP contribution in [0.1, 0.15) is 42.5 Å². The van der Waals surface area contributed by atoms with E-state index in [9.17, 15) is 0 Å².